The highest BCUT2D eigenvalue weighted by Gasteiger charge is 2.16. The fourth-order valence-corrected chi connectivity index (χ4v) is 3.15. The van der Waals surface area contributed by atoms with Crippen LogP contribution in [0.5, 0.6) is 11.5 Å². The maximum Gasteiger partial charge on any atom is 0.166 e. The summed E-state index contributed by atoms with van der Waals surface area (Å²) in [5.74, 6) is 1.63. The van der Waals surface area contributed by atoms with Gasteiger partial charge in [0.2, 0.25) is 0 Å². The van der Waals surface area contributed by atoms with Crippen LogP contribution in [0.2, 0.25) is 0 Å². The molecule has 1 atom stereocenters. The van der Waals surface area contributed by atoms with E-state index >= 15 is 0 Å². The van der Waals surface area contributed by atoms with E-state index < -0.39 is 0 Å². The Balaban J connectivity index is 1.66. The second kappa shape index (κ2) is 9.60. The van der Waals surface area contributed by atoms with Crippen molar-refractivity contribution in [2.24, 2.45) is 0 Å². The maximum atomic E-state index is 6.17. The number of hydrogen-bond donors (Lipinski definition) is 1. The highest BCUT2D eigenvalue weighted by Crippen LogP contribution is 2.32. The summed E-state index contributed by atoms with van der Waals surface area (Å²) in [7, 11) is 0. The van der Waals surface area contributed by atoms with Crippen LogP contribution in [0.1, 0.15) is 36.5 Å². The lowest BCUT2D eigenvalue weighted by Crippen LogP contribution is -2.26. The molecule has 1 aliphatic rings. The van der Waals surface area contributed by atoms with Crippen molar-refractivity contribution >= 4 is 0 Å². The molecule has 0 radical (unpaired) electrons. The number of para-hydroxylation sites is 1. The first-order valence-corrected chi connectivity index (χ1v) is 9.51. The minimum Gasteiger partial charge on any atom is -0.490 e. The highest BCUT2D eigenvalue weighted by atomic mass is 16.5. The minimum absolute atomic E-state index is 0.335. The molecular weight excluding hydrogens is 326 g/mol. The summed E-state index contributed by atoms with van der Waals surface area (Å²) in [6, 6.07) is 14.5. The summed E-state index contributed by atoms with van der Waals surface area (Å²) in [4.78, 5) is 0. The smallest absolute Gasteiger partial charge is 0.166 e. The van der Waals surface area contributed by atoms with E-state index in [-0.39, 0.29) is 0 Å². The Kier molecular flexibility index (Phi) is 6.92. The Morgan fingerprint density at radius 3 is 2.69 bits per heavy atom. The van der Waals surface area contributed by atoms with Gasteiger partial charge in [0.1, 0.15) is 6.61 Å². The van der Waals surface area contributed by atoms with Crippen molar-refractivity contribution < 1.29 is 14.2 Å². The molecule has 1 N–H and O–H groups in total. The molecule has 0 amide bonds. The summed E-state index contributed by atoms with van der Waals surface area (Å²) in [5, 5.41) is 3.50. The van der Waals surface area contributed by atoms with Gasteiger partial charge < -0.3 is 19.5 Å². The zero-order valence-electron chi connectivity index (χ0n) is 15.8. The van der Waals surface area contributed by atoms with Gasteiger partial charge in [-0.2, -0.15) is 0 Å². The van der Waals surface area contributed by atoms with E-state index in [9.17, 15) is 0 Å². The van der Waals surface area contributed by atoms with Crippen molar-refractivity contribution in [1.29, 1.82) is 0 Å². The predicted octanol–water partition coefficient (Wildman–Crippen LogP) is 4.24. The summed E-state index contributed by atoms with van der Waals surface area (Å²) >= 11 is 0. The Labute approximate surface area is 156 Å². The first-order valence-electron chi connectivity index (χ1n) is 9.51. The molecular formula is C22H29NO3. The normalized spacial score (nSPS) is 16.6. The first-order chi connectivity index (χ1) is 12.8. The fourth-order valence-electron chi connectivity index (χ4n) is 3.15. The summed E-state index contributed by atoms with van der Waals surface area (Å²) in [6.07, 6.45) is 2.64. The van der Waals surface area contributed by atoms with Gasteiger partial charge in [-0.05, 0) is 38.3 Å². The highest BCUT2D eigenvalue weighted by molar-refractivity contribution is 5.46. The van der Waals surface area contributed by atoms with Gasteiger partial charge in [-0.3, -0.25) is 0 Å². The van der Waals surface area contributed by atoms with E-state index in [0.29, 0.717) is 19.3 Å². The van der Waals surface area contributed by atoms with Gasteiger partial charge in [0, 0.05) is 25.3 Å². The van der Waals surface area contributed by atoms with E-state index in [4.69, 9.17) is 14.2 Å². The Morgan fingerprint density at radius 1 is 1.12 bits per heavy atom. The van der Waals surface area contributed by atoms with Crippen LogP contribution in [-0.4, -0.2) is 25.9 Å². The number of nitrogens with one attached hydrogen (secondary N) is 1. The van der Waals surface area contributed by atoms with Gasteiger partial charge in [-0.1, -0.05) is 42.0 Å². The molecule has 140 valence electrons. The van der Waals surface area contributed by atoms with Crippen molar-refractivity contribution in [2.75, 3.05) is 19.8 Å². The molecule has 1 fully saturated rings. The zero-order chi connectivity index (χ0) is 18.2. The van der Waals surface area contributed by atoms with Crippen LogP contribution in [0.4, 0.5) is 0 Å². The predicted molar refractivity (Wildman–Crippen MR) is 104 cm³/mol. The summed E-state index contributed by atoms with van der Waals surface area (Å²) in [5.41, 5.74) is 3.52. The van der Waals surface area contributed by atoms with Crippen molar-refractivity contribution in [1.82, 2.24) is 5.32 Å². The largest absolute Gasteiger partial charge is 0.490 e. The number of rotatable bonds is 9. The van der Waals surface area contributed by atoms with Crippen LogP contribution in [0, 0.1) is 6.92 Å². The molecule has 2 aromatic rings. The second-order valence-corrected chi connectivity index (χ2v) is 6.72. The SMILES string of the molecule is CCOc1cccc(CNCC2CCCO2)c1OCc1ccc(C)cc1. The standard InChI is InChI=1S/C22H29NO3/c1-3-24-21-8-4-6-19(14-23-15-20-7-5-13-25-20)22(21)26-16-18-11-9-17(2)10-12-18/h4,6,8-12,20,23H,3,5,7,13-16H2,1-2H3. The maximum absolute atomic E-state index is 6.17. The quantitative estimate of drug-likeness (QED) is 0.730. The molecule has 26 heavy (non-hydrogen) atoms. The van der Waals surface area contributed by atoms with Crippen molar-refractivity contribution in [3.8, 4) is 11.5 Å². The van der Waals surface area contributed by atoms with Crippen LogP contribution < -0.4 is 14.8 Å². The molecule has 1 heterocycles. The Morgan fingerprint density at radius 2 is 1.96 bits per heavy atom. The summed E-state index contributed by atoms with van der Waals surface area (Å²) < 4.78 is 17.6. The number of ether oxygens (including phenoxy) is 3. The van der Waals surface area contributed by atoms with Gasteiger partial charge in [0.05, 0.1) is 12.7 Å². The van der Waals surface area contributed by atoms with E-state index in [1.807, 2.05) is 19.1 Å². The van der Waals surface area contributed by atoms with Crippen LogP contribution >= 0.6 is 0 Å². The third kappa shape index (κ3) is 5.23. The lowest BCUT2D eigenvalue weighted by atomic mass is 10.1. The molecule has 4 heteroatoms. The van der Waals surface area contributed by atoms with Crippen LogP contribution in [0.3, 0.4) is 0 Å². The Hall–Kier alpha value is -2.04. The van der Waals surface area contributed by atoms with Gasteiger partial charge in [0.25, 0.3) is 0 Å². The average molecular weight is 355 g/mol. The van der Waals surface area contributed by atoms with E-state index in [0.717, 1.165) is 55.2 Å². The van der Waals surface area contributed by atoms with Gasteiger partial charge in [0.15, 0.2) is 11.5 Å². The molecule has 0 aliphatic carbocycles. The molecule has 1 saturated heterocycles. The third-order valence-corrected chi connectivity index (χ3v) is 4.58. The molecule has 1 aliphatic heterocycles. The number of aryl methyl sites for hydroxylation is 1. The van der Waals surface area contributed by atoms with Crippen molar-refractivity contribution in [3.63, 3.8) is 0 Å². The molecule has 1 unspecified atom stereocenters. The van der Waals surface area contributed by atoms with Gasteiger partial charge in [-0.25, -0.2) is 0 Å². The minimum atomic E-state index is 0.335. The zero-order valence-corrected chi connectivity index (χ0v) is 15.8. The molecule has 3 rings (SSSR count). The number of hydrogen-bond acceptors (Lipinski definition) is 4. The molecule has 0 spiro atoms. The fraction of sp³-hybridized carbons (Fsp3) is 0.455. The van der Waals surface area contributed by atoms with E-state index in [1.165, 1.54) is 5.56 Å². The van der Waals surface area contributed by atoms with Gasteiger partial charge in [-0.15, -0.1) is 0 Å². The van der Waals surface area contributed by atoms with E-state index in [2.05, 4.69) is 42.6 Å². The summed E-state index contributed by atoms with van der Waals surface area (Å²) in [6.45, 7) is 7.73. The van der Waals surface area contributed by atoms with Gasteiger partial charge >= 0.3 is 0 Å². The first kappa shape index (κ1) is 18.7. The second-order valence-electron chi connectivity index (χ2n) is 6.72. The monoisotopic (exact) mass is 355 g/mol. The molecule has 0 saturated carbocycles. The molecule has 4 nitrogen and oxygen atoms in total. The molecule has 0 aromatic heterocycles. The van der Waals surface area contributed by atoms with E-state index in [1.54, 1.807) is 0 Å². The lowest BCUT2D eigenvalue weighted by Gasteiger charge is -2.17. The van der Waals surface area contributed by atoms with Crippen molar-refractivity contribution in [3.05, 3.63) is 59.2 Å². The van der Waals surface area contributed by atoms with Crippen molar-refractivity contribution in [2.45, 2.75) is 45.9 Å². The average Bonchev–Trinajstić information content (AvgIpc) is 3.16. The third-order valence-electron chi connectivity index (χ3n) is 4.58. The van der Waals surface area contributed by atoms with Crippen LogP contribution in [-0.2, 0) is 17.9 Å². The van der Waals surface area contributed by atoms with Crippen LogP contribution in [0.25, 0.3) is 0 Å². The molecule has 0 bridgehead atoms. The Bertz CT molecular complexity index is 678. The number of benzene rings is 2. The van der Waals surface area contributed by atoms with Crippen LogP contribution in [0.15, 0.2) is 42.5 Å². The topological polar surface area (TPSA) is 39.7 Å². The molecule has 2 aromatic carbocycles. The lowest BCUT2D eigenvalue weighted by molar-refractivity contribution is 0.110.